The molecule has 0 saturated carbocycles. The highest BCUT2D eigenvalue weighted by Gasteiger charge is 2.17. The first-order chi connectivity index (χ1) is 9.04. The second-order valence-electron chi connectivity index (χ2n) is 4.79. The normalized spacial score (nSPS) is 12.3. The van der Waals surface area contributed by atoms with Crippen molar-refractivity contribution in [3.8, 4) is 5.75 Å². The third-order valence-electron chi connectivity index (χ3n) is 2.81. The fourth-order valence-corrected chi connectivity index (χ4v) is 1.76. The molecule has 1 aromatic rings. The maximum atomic E-state index is 11.7. The van der Waals surface area contributed by atoms with Gasteiger partial charge in [0.2, 0.25) is 5.91 Å². The summed E-state index contributed by atoms with van der Waals surface area (Å²) in [5.74, 6) is 1.15. The molecule has 0 radical (unpaired) electrons. The summed E-state index contributed by atoms with van der Waals surface area (Å²) in [5.41, 5.74) is 1.25. The lowest BCUT2D eigenvalue weighted by Gasteiger charge is -2.14. The predicted molar refractivity (Wildman–Crippen MR) is 81.9 cm³/mol. The lowest BCUT2D eigenvalue weighted by Crippen LogP contribution is -2.36. The van der Waals surface area contributed by atoms with Gasteiger partial charge in [-0.3, -0.25) is 4.79 Å². The SMILES string of the molecule is CCc1cccc(OCCNC(=O)C(Br)C(C)C)c1. The van der Waals surface area contributed by atoms with E-state index in [1.54, 1.807) is 0 Å². The number of benzene rings is 1. The maximum absolute atomic E-state index is 11.7. The fourth-order valence-electron chi connectivity index (χ4n) is 1.60. The van der Waals surface area contributed by atoms with Crippen LogP contribution in [0.5, 0.6) is 5.75 Å². The van der Waals surface area contributed by atoms with Crippen molar-refractivity contribution in [3.05, 3.63) is 29.8 Å². The van der Waals surface area contributed by atoms with Crippen molar-refractivity contribution in [1.29, 1.82) is 0 Å². The van der Waals surface area contributed by atoms with Crippen LogP contribution in [-0.4, -0.2) is 23.9 Å². The summed E-state index contributed by atoms with van der Waals surface area (Å²) in [5, 5.41) is 2.85. The van der Waals surface area contributed by atoms with E-state index in [9.17, 15) is 4.79 Å². The lowest BCUT2D eigenvalue weighted by atomic mass is 10.1. The zero-order chi connectivity index (χ0) is 14.3. The summed E-state index contributed by atoms with van der Waals surface area (Å²) in [6.45, 7) is 7.12. The highest BCUT2D eigenvalue weighted by atomic mass is 79.9. The topological polar surface area (TPSA) is 38.3 Å². The number of rotatable bonds is 7. The van der Waals surface area contributed by atoms with Gasteiger partial charge < -0.3 is 10.1 Å². The number of ether oxygens (including phenoxy) is 1. The smallest absolute Gasteiger partial charge is 0.234 e. The number of hydrogen-bond acceptors (Lipinski definition) is 2. The number of carbonyl (C=O) groups excluding carboxylic acids is 1. The number of amides is 1. The second-order valence-corrected chi connectivity index (χ2v) is 5.77. The van der Waals surface area contributed by atoms with Crippen molar-refractivity contribution in [2.45, 2.75) is 32.0 Å². The summed E-state index contributed by atoms with van der Waals surface area (Å²) < 4.78 is 5.61. The van der Waals surface area contributed by atoms with Crippen LogP contribution in [0, 0.1) is 5.92 Å². The predicted octanol–water partition coefficient (Wildman–Crippen LogP) is 3.16. The molecule has 19 heavy (non-hydrogen) atoms. The average molecular weight is 328 g/mol. The fraction of sp³-hybridized carbons (Fsp3) is 0.533. The van der Waals surface area contributed by atoms with Crippen LogP contribution in [0.1, 0.15) is 26.3 Å². The Morgan fingerprint density at radius 1 is 1.42 bits per heavy atom. The molecule has 1 rings (SSSR count). The molecule has 0 aliphatic rings. The van der Waals surface area contributed by atoms with E-state index in [1.807, 2.05) is 32.0 Å². The van der Waals surface area contributed by atoms with Crippen LogP contribution >= 0.6 is 15.9 Å². The van der Waals surface area contributed by atoms with E-state index in [1.165, 1.54) is 5.56 Å². The molecule has 1 atom stereocenters. The zero-order valence-corrected chi connectivity index (χ0v) is 13.4. The molecular weight excluding hydrogens is 306 g/mol. The van der Waals surface area contributed by atoms with Crippen molar-refractivity contribution >= 4 is 21.8 Å². The van der Waals surface area contributed by atoms with Gasteiger partial charge in [0.25, 0.3) is 0 Å². The molecule has 0 fully saturated rings. The van der Waals surface area contributed by atoms with Gasteiger partial charge in [-0.05, 0) is 30.0 Å². The summed E-state index contributed by atoms with van der Waals surface area (Å²) in [6, 6.07) is 8.03. The summed E-state index contributed by atoms with van der Waals surface area (Å²) in [4.78, 5) is 11.5. The molecule has 1 N–H and O–H groups in total. The Kier molecular flexibility index (Phi) is 6.92. The van der Waals surface area contributed by atoms with E-state index >= 15 is 0 Å². The molecule has 0 saturated heterocycles. The van der Waals surface area contributed by atoms with E-state index in [4.69, 9.17) is 4.74 Å². The Morgan fingerprint density at radius 2 is 2.16 bits per heavy atom. The van der Waals surface area contributed by atoms with Crippen LogP contribution in [0.15, 0.2) is 24.3 Å². The van der Waals surface area contributed by atoms with Gasteiger partial charge in [0.15, 0.2) is 0 Å². The molecule has 0 aliphatic heterocycles. The minimum absolute atomic E-state index is 0.0147. The van der Waals surface area contributed by atoms with Crippen LogP contribution in [0.3, 0.4) is 0 Å². The Morgan fingerprint density at radius 3 is 2.79 bits per heavy atom. The van der Waals surface area contributed by atoms with E-state index in [2.05, 4.69) is 34.2 Å². The first kappa shape index (κ1) is 16.0. The highest BCUT2D eigenvalue weighted by molar-refractivity contribution is 9.10. The number of hydrogen-bond donors (Lipinski definition) is 1. The van der Waals surface area contributed by atoms with Gasteiger partial charge in [-0.1, -0.05) is 48.8 Å². The van der Waals surface area contributed by atoms with Gasteiger partial charge in [0, 0.05) is 0 Å². The van der Waals surface area contributed by atoms with E-state index < -0.39 is 0 Å². The van der Waals surface area contributed by atoms with Crippen molar-refractivity contribution in [1.82, 2.24) is 5.32 Å². The van der Waals surface area contributed by atoms with Crippen LogP contribution in [0.4, 0.5) is 0 Å². The molecule has 1 aromatic carbocycles. The van der Waals surface area contributed by atoms with Crippen LogP contribution < -0.4 is 10.1 Å². The van der Waals surface area contributed by atoms with Crippen LogP contribution in [-0.2, 0) is 11.2 Å². The van der Waals surface area contributed by atoms with Gasteiger partial charge in [0.1, 0.15) is 12.4 Å². The Labute approximate surface area is 123 Å². The molecule has 0 aliphatic carbocycles. The van der Waals surface area contributed by atoms with Crippen molar-refractivity contribution in [2.75, 3.05) is 13.2 Å². The molecule has 4 heteroatoms. The Bertz CT molecular complexity index is 407. The molecule has 0 bridgehead atoms. The Hall–Kier alpha value is -1.03. The van der Waals surface area contributed by atoms with E-state index in [-0.39, 0.29) is 16.7 Å². The monoisotopic (exact) mass is 327 g/mol. The third kappa shape index (κ3) is 5.64. The summed E-state index contributed by atoms with van der Waals surface area (Å²) in [7, 11) is 0. The first-order valence-corrected chi connectivity index (χ1v) is 7.59. The van der Waals surface area contributed by atoms with Gasteiger partial charge in [-0.2, -0.15) is 0 Å². The number of carbonyl (C=O) groups is 1. The highest BCUT2D eigenvalue weighted by Crippen LogP contribution is 2.13. The quantitative estimate of drug-likeness (QED) is 0.617. The van der Waals surface area contributed by atoms with Crippen molar-refractivity contribution < 1.29 is 9.53 Å². The maximum Gasteiger partial charge on any atom is 0.234 e. The minimum Gasteiger partial charge on any atom is -0.492 e. The number of alkyl halides is 1. The third-order valence-corrected chi connectivity index (χ3v) is 4.29. The van der Waals surface area contributed by atoms with E-state index in [0.29, 0.717) is 13.2 Å². The van der Waals surface area contributed by atoms with Gasteiger partial charge in [-0.25, -0.2) is 0 Å². The summed E-state index contributed by atoms with van der Waals surface area (Å²) >= 11 is 3.37. The van der Waals surface area contributed by atoms with Crippen LogP contribution in [0.25, 0.3) is 0 Å². The van der Waals surface area contributed by atoms with Crippen molar-refractivity contribution in [3.63, 3.8) is 0 Å². The molecule has 0 heterocycles. The zero-order valence-electron chi connectivity index (χ0n) is 11.8. The molecule has 106 valence electrons. The molecule has 3 nitrogen and oxygen atoms in total. The number of halogens is 1. The standard InChI is InChI=1S/C15H22BrNO2/c1-4-12-6-5-7-13(10-12)19-9-8-17-15(18)14(16)11(2)3/h5-7,10-11,14H,4,8-9H2,1-3H3,(H,17,18). The molecule has 0 aromatic heterocycles. The van der Waals surface area contributed by atoms with Crippen LogP contribution in [0.2, 0.25) is 0 Å². The second kappa shape index (κ2) is 8.20. The van der Waals surface area contributed by atoms with Gasteiger partial charge in [0.05, 0.1) is 11.4 Å². The molecule has 1 unspecified atom stereocenters. The minimum atomic E-state index is -0.143. The van der Waals surface area contributed by atoms with Gasteiger partial charge >= 0.3 is 0 Å². The van der Waals surface area contributed by atoms with Crippen molar-refractivity contribution in [2.24, 2.45) is 5.92 Å². The van der Waals surface area contributed by atoms with E-state index in [0.717, 1.165) is 12.2 Å². The molecule has 1 amide bonds. The Balaban J connectivity index is 2.29. The lowest BCUT2D eigenvalue weighted by molar-refractivity contribution is -0.121. The largest absolute Gasteiger partial charge is 0.492 e. The molecular formula is C15H22BrNO2. The first-order valence-electron chi connectivity index (χ1n) is 6.68. The number of aryl methyl sites for hydroxylation is 1. The summed E-state index contributed by atoms with van der Waals surface area (Å²) in [6.07, 6.45) is 0.994. The number of nitrogens with one attached hydrogen (secondary N) is 1. The average Bonchev–Trinajstić information content (AvgIpc) is 2.42. The van der Waals surface area contributed by atoms with Gasteiger partial charge in [-0.15, -0.1) is 0 Å². The molecule has 0 spiro atoms.